The van der Waals surface area contributed by atoms with Crippen molar-refractivity contribution in [3.05, 3.63) is 174 Å². The zero-order chi connectivity index (χ0) is 89.8. The van der Waals surface area contributed by atoms with Gasteiger partial charge in [0.15, 0.2) is 5.71 Å². The summed E-state index contributed by atoms with van der Waals surface area (Å²) >= 11 is 18.9. The van der Waals surface area contributed by atoms with Crippen LogP contribution < -0.4 is 36.6 Å². The van der Waals surface area contributed by atoms with Crippen molar-refractivity contribution in [2.75, 3.05) is 49.1 Å². The fraction of sp³-hybridized carbons (Fsp3) is 0.438. The Bertz CT molecular complexity index is 5690. The normalized spacial score (nSPS) is 17.8. The fourth-order valence-electron chi connectivity index (χ4n) is 15.5. The largest absolute Gasteiger partial charge is 0.748 e. The lowest BCUT2D eigenvalue weighted by molar-refractivity contribution is -0.438. The van der Waals surface area contributed by atoms with Gasteiger partial charge in [0.25, 0.3) is 36.3 Å². The summed E-state index contributed by atoms with van der Waals surface area (Å²) in [6.45, 7) is 7.44. The SMILES string of the molecule is CC1(C)C(/C=C/C2=C(c3cccc(CCCCC(=O)NCCCC[C@H](NC(=O)C[C@H](NC(=O)CCNC(=O)[C@H]4C[C@H](NC(=O)Cc5ccc(Cl)cc5Cl)CN4C(=O)c4cc(Cl)sc4S(N)(=O)=O)C(=O)O)C(=O)O)c3)C(=C/C=C3/N(CCCCS(=O)(=O)[O-])c4ccc(S(=O)(=O)O)cc4C3(C)C)/CCC2)=[N+](CCCCS(=O)(=O)O)c2ccc(S(=O)(=O)O)cc21. The Hall–Kier alpha value is -8.81. The molecule has 1 aliphatic carbocycles. The van der Waals surface area contributed by atoms with Gasteiger partial charge in [0, 0.05) is 102 Å². The number of carbonyl (C=O) groups is 8. The van der Waals surface area contributed by atoms with Crippen molar-refractivity contribution in [1.82, 2.24) is 31.5 Å². The number of aryl methyl sites for hydroxylation is 1. The Balaban J connectivity index is 0.819. The molecule has 5 aromatic rings. The molecule has 0 unspecified atom stereocenters. The number of aliphatic carboxylic acids is 2. The van der Waals surface area contributed by atoms with E-state index in [1.165, 1.54) is 42.5 Å². The minimum Gasteiger partial charge on any atom is -0.748 e. The van der Waals surface area contributed by atoms with Crippen LogP contribution in [0.25, 0.3) is 5.57 Å². The number of rotatable bonds is 41. The molecule has 0 radical (unpaired) electrons. The second kappa shape index (κ2) is 40.9. The Labute approximate surface area is 726 Å². The molecule has 6 amide bonds. The summed E-state index contributed by atoms with van der Waals surface area (Å²) < 4.78 is 165. The number of amides is 6. The molecule has 0 spiro atoms. The van der Waals surface area contributed by atoms with Gasteiger partial charge in [-0.15, -0.1) is 11.3 Å². The average Bonchev–Trinajstić information content (AvgIpc) is 1.59. The number of sulfonamides is 1. The monoisotopic (exact) mass is 1860 g/mol. The summed E-state index contributed by atoms with van der Waals surface area (Å²) in [5.74, 6) is -8.87. The molecule has 0 bridgehead atoms. The molecule has 9 rings (SSSR count). The standard InChI is InChI=1S/C80H96Cl3N9O24S6/c1-79(2)58-43-55(121(111,112)113)26-28-63(58)90(35-9-11-37-118(103,104)105)66(79)30-23-49-17-14-18-50(24-31-67-80(3,4)59-44-56(122(114,115)116)27-29-64(59)91(67)36-10-12-38-119(106,107)108)73(49)52-19-13-16-48(39-52)15-5-6-21-69(93)85-33-8-7-20-61(76(99)100)88-72(96)46-62(77(101)102)89-70(94)32-34-86-74(97)65-42-54(87-71(95)40-51-22-25-53(81)41-60(51)82)47-92(65)75(98)57-45-68(83)117-78(57)120(84,109)110/h13,16,19,22-31,39,41,43-45,54,61-62,65H,5-12,14-15,17-18,20-21,32-38,40,42,46-47H2,1-4H3,(H12-,84,85,86,87,88,89,93,94,95,96,97,99,100,101,102,103,104,105,106,107,108,109,110,111,112,113,114,115,116)/t54-,61-,62-,65+/m0/s1. The molecular formula is C80H96Cl3N9O24S6. The molecule has 12 N–H and O–H groups in total. The Morgan fingerprint density at radius 2 is 1.36 bits per heavy atom. The summed E-state index contributed by atoms with van der Waals surface area (Å²) in [6, 6.07) is 16.3. The molecule has 33 nitrogen and oxygen atoms in total. The van der Waals surface area contributed by atoms with Crippen molar-refractivity contribution in [2.24, 2.45) is 5.14 Å². The molecule has 4 aliphatic rings. The Kier molecular flexibility index (Phi) is 32.5. The first kappa shape index (κ1) is 97.0. The number of nitrogens with one attached hydrogen (secondary N) is 5. The van der Waals surface area contributed by atoms with Crippen LogP contribution in [-0.4, -0.2) is 201 Å². The van der Waals surface area contributed by atoms with Crippen molar-refractivity contribution >= 4 is 167 Å². The quantitative estimate of drug-likeness (QED) is 0.00989. The lowest BCUT2D eigenvalue weighted by Crippen LogP contribution is -2.48. The molecule has 1 aromatic heterocycles. The maximum Gasteiger partial charge on any atom is 0.326 e. The van der Waals surface area contributed by atoms with E-state index < -0.39 is 168 Å². The first-order valence-corrected chi connectivity index (χ1v) is 48.5. The summed E-state index contributed by atoms with van der Waals surface area (Å²) in [7, 11) is -22.6. The van der Waals surface area contributed by atoms with E-state index in [0.717, 1.165) is 38.8 Å². The number of hydrogen-bond donors (Lipinski definition) is 11. The van der Waals surface area contributed by atoms with Crippen molar-refractivity contribution in [3.8, 4) is 0 Å². The number of carboxylic acids is 2. The van der Waals surface area contributed by atoms with Crippen LogP contribution >= 0.6 is 46.1 Å². The van der Waals surface area contributed by atoms with Gasteiger partial charge >= 0.3 is 11.9 Å². The van der Waals surface area contributed by atoms with Gasteiger partial charge in [0.2, 0.25) is 45.2 Å². The maximum atomic E-state index is 14.0. The second-order valence-corrected chi connectivity index (χ2v) is 41.4. The van der Waals surface area contributed by atoms with Gasteiger partial charge in [0.1, 0.15) is 28.9 Å². The van der Waals surface area contributed by atoms with E-state index in [0.29, 0.717) is 101 Å². The van der Waals surface area contributed by atoms with Crippen LogP contribution in [0, 0.1) is 0 Å². The number of halogens is 3. The maximum absolute atomic E-state index is 14.0. The van der Waals surface area contributed by atoms with Gasteiger partial charge in [-0.25, -0.2) is 31.6 Å². The summed E-state index contributed by atoms with van der Waals surface area (Å²) in [5, 5.41) is 38.4. The third-order valence-corrected chi connectivity index (χ3v) is 28.1. The molecular weight excluding hydrogens is 1770 g/mol. The van der Waals surface area contributed by atoms with E-state index in [1.807, 2.05) is 79.7 Å². The zero-order valence-corrected chi connectivity index (χ0v) is 74.0. The molecule has 4 heterocycles. The van der Waals surface area contributed by atoms with Crippen LogP contribution in [0.1, 0.15) is 169 Å². The number of nitrogens with two attached hydrogens (primary N) is 1. The number of allylic oxidation sites excluding steroid dienone is 8. The van der Waals surface area contributed by atoms with Crippen LogP contribution in [0.15, 0.2) is 140 Å². The highest BCUT2D eigenvalue weighted by molar-refractivity contribution is 7.91. The van der Waals surface area contributed by atoms with E-state index >= 15 is 0 Å². The molecule has 3 aliphatic heterocycles. The number of hydrogen-bond acceptors (Lipinski definition) is 21. The zero-order valence-electron chi connectivity index (χ0n) is 66.9. The van der Waals surface area contributed by atoms with E-state index in [2.05, 4.69) is 32.7 Å². The number of primary sulfonamides is 1. The van der Waals surface area contributed by atoms with Crippen molar-refractivity contribution in [2.45, 2.75) is 192 Å². The topological polar surface area (TPSA) is 527 Å². The minimum atomic E-state index is -4.64. The van der Waals surface area contributed by atoms with Crippen LogP contribution in [-0.2, 0) is 108 Å². The average molecular weight is 1870 g/mol. The number of unbranched alkanes of at least 4 members (excludes halogenated alkanes) is 4. The molecule has 1 saturated heterocycles. The van der Waals surface area contributed by atoms with Crippen molar-refractivity contribution in [3.63, 3.8) is 0 Å². The third-order valence-electron chi connectivity index (χ3n) is 21.4. The van der Waals surface area contributed by atoms with Crippen LogP contribution in [0.2, 0.25) is 14.4 Å². The predicted octanol–water partition coefficient (Wildman–Crippen LogP) is 8.70. The number of nitrogens with zero attached hydrogens (tertiary/aromatic N) is 3. The molecule has 4 aromatic carbocycles. The summed E-state index contributed by atoms with van der Waals surface area (Å²) in [4.78, 5) is 108. The molecule has 0 saturated carbocycles. The smallest absolute Gasteiger partial charge is 0.326 e. The molecule has 42 heteroatoms. The van der Waals surface area contributed by atoms with E-state index in [1.54, 1.807) is 12.1 Å². The third kappa shape index (κ3) is 26.2. The van der Waals surface area contributed by atoms with Gasteiger partial charge in [0.05, 0.1) is 53.8 Å². The van der Waals surface area contributed by atoms with Gasteiger partial charge < -0.3 is 51.1 Å². The van der Waals surface area contributed by atoms with Crippen LogP contribution in [0.4, 0.5) is 11.4 Å². The lowest BCUT2D eigenvalue weighted by atomic mass is 9.79. The summed E-state index contributed by atoms with van der Waals surface area (Å²) in [6.07, 6.45) is 10.4. The van der Waals surface area contributed by atoms with Crippen LogP contribution in [0.5, 0.6) is 0 Å². The molecule has 1 fully saturated rings. The van der Waals surface area contributed by atoms with Gasteiger partial charge in [-0.1, -0.05) is 91.1 Å². The second-order valence-electron chi connectivity index (χ2n) is 31.1. The van der Waals surface area contributed by atoms with E-state index in [-0.39, 0.29) is 109 Å². The number of anilines is 1. The minimum absolute atomic E-state index is 0.0425. The lowest BCUT2D eigenvalue weighted by Gasteiger charge is -2.28. The van der Waals surface area contributed by atoms with Crippen molar-refractivity contribution in [1.29, 1.82) is 0 Å². The highest BCUT2D eigenvalue weighted by Crippen LogP contribution is 2.50. The van der Waals surface area contributed by atoms with E-state index in [9.17, 15) is 109 Å². The fourth-order valence-corrected chi connectivity index (χ4v) is 20.4. The number of benzene rings is 4. The van der Waals surface area contributed by atoms with Gasteiger partial charge in [-0.2, -0.15) is 29.8 Å². The highest BCUT2D eigenvalue weighted by Gasteiger charge is 2.47. The van der Waals surface area contributed by atoms with Crippen LogP contribution in [0.3, 0.4) is 0 Å². The summed E-state index contributed by atoms with van der Waals surface area (Å²) in [5.41, 5.74) is 6.34. The van der Waals surface area contributed by atoms with Gasteiger partial charge in [-0.05, 0) is 191 Å². The Morgan fingerprint density at radius 3 is 2.02 bits per heavy atom. The number of carboxylic acid groups (broad SMARTS) is 2. The highest BCUT2D eigenvalue weighted by atomic mass is 35.5. The predicted molar refractivity (Wildman–Crippen MR) is 456 cm³/mol. The molecule has 662 valence electrons. The Morgan fingerprint density at radius 1 is 0.680 bits per heavy atom. The number of thiophene rings is 1. The van der Waals surface area contributed by atoms with Gasteiger partial charge in [-0.3, -0.25) is 42.4 Å². The van der Waals surface area contributed by atoms with E-state index in [4.69, 9.17) is 39.9 Å². The molecule has 122 heavy (non-hydrogen) atoms. The number of likely N-dealkylation sites (tertiary alicyclic amines) is 1. The number of fused-ring (bicyclic) bond motifs is 2. The number of carbonyl (C=O) groups excluding carboxylic acids is 6. The van der Waals surface area contributed by atoms with Crippen molar-refractivity contribution < 1.29 is 113 Å². The molecule has 4 atom stereocenters. The first-order chi connectivity index (χ1) is 57.0. The first-order valence-electron chi connectivity index (χ1n) is 38.9.